The smallest absolute Gasteiger partial charge is 0.240 e. The maximum atomic E-state index is 12.7. The van der Waals surface area contributed by atoms with Gasteiger partial charge < -0.3 is 10.6 Å². The van der Waals surface area contributed by atoms with Crippen LogP contribution < -0.4 is 15.4 Å². The highest BCUT2D eigenvalue weighted by Crippen LogP contribution is 2.31. The molecule has 1 aromatic carbocycles. The van der Waals surface area contributed by atoms with E-state index in [9.17, 15) is 13.2 Å². The Balaban J connectivity index is 0.00000243. The van der Waals surface area contributed by atoms with Crippen LogP contribution in [0.1, 0.15) is 51.0 Å². The van der Waals surface area contributed by atoms with E-state index in [0.29, 0.717) is 12.2 Å². The standard InChI is InChI=1S/C18H27N3O3S.ClH/c1-14(22)21-11-8-15-6-7-16(12-17(15)21)25(23,24)20-13-18(19)9-4-2-3-5-10-18;/h6-7,12,20H,2-5,8-11,13,19H2,1H3;1H. The van der Waals surface area contributed by atoms with Crippen LogP contribution in [-0.4, -0.2) is 33.0 Å². The third kappa shape index (κ3) is 4.57. The zero-order valence-electron chi connectivity index (χ0n) is 15.2. The Labute approximate surface area is 162 Å². The molecule has 1 aromatic rings. The average molecular weight is 402 g/mol. The lowest BCUT2D eigenvalue weighted by Crippen LogP contribution is -2.49. The minimum Gasteiger partial charge on any atom is -0.324 e. The van der Waals surface area contributed by atoms with Gasteiger partial charge in [0.25, 0.3) is 0 Å². The van der Waals surface area contributed by atoms with E-state index in [2.05, 4.69) is 4.72 Å². The Morgan fingerprint density at radius 1 is 1.23 bits per heavy atom. The number of fused-ring (bicyclic) bond motifs is 1. The number of carbonyl (C=O) groups excluding carboxylic acids is 1. The first-order valence-electron chi connectivity index (χ1n) is 9.00. The van der Waals surface area contributed by atoms with Crippen molar-refractivity contribution in [3.8, 4) is 0 Å². The van der Waals surface area contributed by atoms with Gasteiger partial charge >= 0.3 is 0 Å². The number of halogens is 1. The van der Waals surface area contributed by atoms with Crippen LogP contribution in [0.25, 0.3) is 0 Å². The first-order chi connectivity index (χ1) is 11.8. The van der Waals surface area contributed by atoms with Crippen LogP contribution in [0.3, 0.4) is 0 Å². The van der Waals surface area contributed by atoms with E-state index in [0.717, 1.165) is 50.5 Å². The van der Waals surface area contributed by atoms with Crippen LogP contribution in [0.15, 0.2) is 23.1 Å². The zero-order chi connectivity index (χ0) is 18.1. The summed E-state index contributed by atoms with van der Waals surface area (Å²) in [5.41, 5.74) is 7.66. The van der Waals surface area contributed by atoms with Gasteiger partial charge in [0.1, 0.15) is 0 Å². The molecule has 3 rings (SSSR count). The summed E-state index contributed by atoms with van der Waals surface area (Å²) in [6.45, 7) is 2.36. The number of sulfonamides is 1. The van der Waals surface area contributed by atoms with Crippen molar-refractivity contribution in [2.24, 2.45) is 5.73 Å². The number of amides is 1. The van der Waals surface area contributed by atoms with Gasteiger partial charge in [-0.25, -0.2) is 13.1 Å². The molecule has 0 atom stereocenters. The maximum absolute atomic E-state index is 12.7. The van der Waals surface area contributed by atoms with Crippen LogP contribution in [0.4, 0.5) is 5.69 Å². The van der Waals surface area contributed by atoms with Crippen molar-refractivity contribution in [3.63, 3.8) is 0 Å². The number of anilines is 1. The average Bonchev–Trinajstić information content (AvgIpc) is 2.88. The van der Waals surface area contributed by atoms with Crippen molar-refractivity contribution in [2.45, 2.75) is 62.3 Å². The number of carbonyl (C=O) groups is 1. The molecule has 0 spiro atoms. The Hall–Kier alpha value is -1.15. The maximum Gasteiger partial charge on any atom is 0.240 e. The highest BCUT2D eigenvalue weighted by Gasteiger charge is 2.29. The fourth-order valence-corrected chi connectivity index (χ4v) is 4.94. The fraction of sp³-hybridized carbons (Fsp3) is 0.611. The second-order valence-electron chi connectivity index (χ2n) is 7.31. The van der Waals surface area contributed by atoms with Crippen LogP contribution in [0.5, 0.6) is 0 Å². The minimum atomic E-state index is -3.65. The van der Waals surface area contributed by atoms with Crippen LogP contribution in [0, 0.1) is 0 Å². The van der Waals surface area contributed by atoms with Crippen molar-refractivity contribution in [3.05, 3.63) is 23.8 Å². The molecule has 0 saturated heterocycles. The molecule has 3 N–H and O–H groups in total. The molecule has 0 unspecified atom stereocenters. The molecule has 1 heterocycles. The van der Waals surface area contributed by atoms with E-state index in [4.69, 9.17) is 5.73 Å². The molecule has 1 aliphatic carbocycles. The summed E-state index contributed by atoms with van der Waals surface area (Å²) in [5, 5.41) is 0. The summed E-state index contributed by atoms with van der Waals surface area (Å²) >= 11 is 0. The minimum absolute atomic E-state index is 0. The topological polar surface area (TPSA) is 92.5 Å². The van der Waals surface area contributed by atoms with Gasteiger partial charge in [0.05, 0.1) is 4.90 Å². The lowest BCUT2D eigenvalue weighted by Gasteiger charge is -2.28. The molecule has 26 heavy (non-hydrogen) atoms. The summed E-state index contributed by atoms with van der Waals surface area (Å²) in [7, 11) is -3.65. The molecule has 146 valence electrons. The molecular weight excluding hydrogens is 374 g/mol. The Morgan fingerprint density at radius 2 is 1.88 bits per heavy atom. The molecule has 0 aromatic heterocycles. The van der Waals surface area contributed by atoms with Crippen LogP contribution >= 0.6 is 12.4 Å². The fourth-order valence-electron chi connectivity index (χ4n) is 3.78. The second-order valence-corrected chi connectivity index (χ2v) is 9.08. The van der Waals surface area contributed by atoms with Gasteiger partial charge in [-0.3, -0.25) is 4.79 Å². The van der Waals surface area contributed by atoms with E-state index in [1.807, 2.05) is 0 Å². The Bertz CT molecular complexity index is 759. The van der Waals surface area contributed by atoms with Gasteiger partial charge in [-0.2, -0.15) is 0 Å². The molecule has 6 nitrogen and oxygen atoms in total. The number of hydrogen-bond donors (Lipinski definition) is 2. The van der Waals surface area contributed by atoms with Gasteiger partial charge in [0.15, 0.2) is 0 Å². The molecule has 8 heteroatoms. The van der Waals surface area contributed by atoms with E-state index in [1.54, 1.807) is 23.1 Å². The molecule has 1 amide bonds. The number of benzene rings is 1. The number of nitrogens with zero attached hydrogens (tertiary/aromatic N) is 1. The predicted octanol–water partition coefficient (Wildman–Crippen LogP) is 2.35. The predicted molar refractivity (Wildman–Crippen MR) is 105 cm³/mol. The second kappa shape index (κ2) is 8.25. The van der Waals surface area contributed by atoms with Gasteiger partial charge in [-0.05, 0) is 37.0 Å². The SMILES string of the molecule is CC(=O)N1CCc2ccc(S(=O)(=O)NCC3(N)CCCCCC3)cc21.Cl. The Kier molecular flexibility index (Phi) is 6.71. The van der Waals surface area contributed by atoms with E-state index >= 15 is 0 Å². The largest absolute Gasteiger partial charge is 0.324 e. The number of rotatable bonds is 4. The third-order valence-corrected chi connectivity index (χ3v) is 6.76. The van der Waals surface area contributed by atoms with Crippen molar-refractivity contribution in [1.82, 2.24) is 4.72 Å². The van der Waals surface area contributed by atoms with Crippen molar-refractivity contribution >= 4 is 34.0 Å². The van der Waals surface area contributed by atoms with E-state index in [-0.39, 0.29) is 29.8 Å². The first-order valence-corrected chi connectivity index (χ1v) is 10.5. The quantitative estimate of drug-likeness (QED) is 0.757. The molecule has 0 radical (unpaired) electrons. The Morgan fingerprint density at radius 3 is 2.50 bits per heavy atom. The molecule has 0 bridgehead atoms. The lowest BCUT2D eigenvalue weighted by molar-refractivity contribution is -0.116. The summed E-state index contributed by atoms with van der Waals surface area (Å²) in [6, 6.07) is 5.01. The van der Waals surface area contributed by atoms with E-state index < -0.39 is 15.6 Å². The van der Waals surface area contributed by atoms with Gasteiger partial charge in [0.2, 0.25) is 15.9 Å². The summed E-state index contributed by atoms with van der Waals surface area (Å²) in [4.78, 5) is 13.5. The van der Waals surface area contributed by atoms with Crippen molar-refractivity contribution < 1.29 is 13.2 Å². The highest BCUT2D eigenvalue weighted by atomic mass is 35.5. The summed E-state index contributed by atoms with van der Waals surface area (Å²) in [6.07, 6.45) is 6.87. The molecule has 1 fully saturated rings. The van der Waals surface area contributed by atoms with E-state index in [1.165, 1.54) is 6.92 Å². The third-order valence-electron chi connectivity index (χ3n) is 5.36. The molecular formula is C18H28ClN3O3S. The van der Waals surface area contributed by atoms with Gasteiger partial charge in [-0.1, -0.05) is 31.7 Å². The molecule has 2 aliphatic rings. The normalized spacial score (nSPS) is 19.4. The van der Waals surface area contributed by atoms with Gasteiger partial charge in [-0.15, -0.1) is 12.4 Å². The number of hydrogen-bond acceptors (Lipinski definition) is 4. The van der Waals surface area contributed by atoms with Crippen molar-refractivity contribution in [2.75, 3.05) is 18.0 Å². The molecule has 1 saturated carbocycles. The van der Waals surface area contributed by atoms with Gasteiger partial charge in [0, 0.05) is 31.2 Å². The number of nitrogens with two attached hydrogens (primary N) is 1. The first kappa shape index (κ1) is 21.2. The summed E-state index contributed by atoms with van der Waals surface area (Å²) in [5.74, 6) is -0.0689. The van der Waals surface area contributed by atoms with Crippen LogP contribution in [-0.2, 0) is 21.2 Å². The summed E-state index contributed by atoms with van der Waals surface area (Å²) < 4.78 is 28.1. The van der Waals surface area contributed by atoms with Crippen molar-refractivity contribution in [1.29, 1.82) is 0 Å². The number of nitrogens with one attached hydrogen (secondary N) is 1. The molecule has 1 aliphatic heterocycles. The lowest BCUT2D eigenvalue weighted by atomic mass is 9.92. The monoisotopic (exact) mass is 401 g/mol. The highest BCUT2D eigenvalue weighted by molar-refractivity contribution is 7.89. The zero-order valence-corrected chi connectivity index (χ0v) is 16.8. The van der Waals surface area contributed by atoms with Crippen LogP contribution in [0.2, 0.25) is 0 Å².